The van der Waals surface area contributed by atoms with Gasteiger partial charge in [0.05, 0.1) is 0 Å². The summed E-state index contributed by atoms with van der Waals surface area (Å²) in [6.07, 6.45) is 1.95. The first-order valence-corrected chi connectivity index (χ1v) is 8.86. The van der Waals surface area contributed by atoms with Crippen LogP contribution >= 0.6 is 0 Å². The highest BCUT2D eigenvalue weighted by Gasteiger charge is 2.36. The number of aliphatic hydroxyl groups excluding tert-OH is 1. The quantitative estimate of drug-likeness (QED) is 0.711. The van der Waals surface area contributed by atoms with E-state index in [1.165, 1.54) is 0 Å². The smallest absolute Gasteiger partial charge is 0.191 e. The van der Waals surface area contributed by atoms with E-state index in [1.54, 1.807) is 0 Å². The van der Waals surface area contributed by atoms with Crippen LogP contribution in [0.15, 0.2) is 0 Å². The van der Waals surface area contributed by atoms with Gasteiger partial charge in [-0.1, -0.05) is 27.7 Å². The molecule has 0 aromatic heterocycles. The van der Waals surface area contributed by atoms with Gasteiger partial charge in [-0.15, -0.1) is 0 Å². The maximum atomic E-state index is 8.79. The van der Waals surface area contributed by atoms with Crippen molar-refractivity contribution in [1.29, 1.82) is 0 Å². The molecule has 15 heavy (non-hydrogen) atoms. The van der Waals surface area contributed by atoms with Crippen molar-refractivity contribution >= 4 is 8.32 Å². The molecule has 0 aliphatic carbocycles. The van der Waals surface area contributed by atoms with Gasteiger partial charge >= 0.3 is 0 Å². The fourth-order valence-corrected chi connectivity index (χ4v) is 2.16. The Kier molecular flexibility index (Phi) is 6.07. The molecular formula is C12H28O2Si. The fraction of sp³-hybridized carbons (Fsp3) is 1.00. The van der Waals surface area contributed by atoms with E-state index in [0.717, 1.165) is 19.4 Å². The van der Waals surface area contributed by atoms with Gasteiger partial charge in [0.2, 0.25) is 0 Å². The summed E-state index contributed by atoms with van der Waals surface area (Å²) < 4.78 is 6.07. The van der Waals surface area contributed by atoms with E-state index in [9.17, 15) is 0 Å². The highest BCUT2D eigenvalue weighted by molar-refractivity contribution is 6.74. The Morgan fingerprint density at radius 3 is 2.13 bits per heavy atom. The van der Waals surface area contributed by atoms with E-state index >= 15 is 0 Å². The average molecular weight is 232 g/mol. The van der Waals surface area contributed by atoms with Gasteiger partial charge in [-0.3, -0.25) is 0 Å². The van der Waals surface area contributed by atoms with Crippen molar-refractivity contribution in [2.75, 3.05) is 13.2 Å². The second-order valence-electron chi connectivity index (χ2n) is 6.01. The molecule has 0 radical (unpaired) electrons. The van der Waals surface area contributed by atoms with E-state index in [-0.39, 0.29) is 0 Å². The summed E-state index contributed by atoms with van der Waals surface area (Å²) in [6.45, 7) is 14.7. The van der Waals surface area contributed by atoms with Crippen LogP contribution in [0, 0.1) is 5.92 Å². The van der Waals surface area contributed by atoms with Crippen molar-refractivity contribution in [3.63, 3.8) is 0 Å². The molecule has 0 aromatic carbocycles. The number of hydrogen-bond donors (Lipinski definition) is 1. The van der Waals surface area contributed by atoms with Crippen LogP contribution in [0.1, 0.15) is 40.5 Å². The first-order chi connectivity index (χ1) is 6.70. The van der Waals surface area contributed by atoms with Crippen LogP contribution in [0.5, 0.6) is 0 Å². The number of aliphatic hydroxyl groups is 1. The Balaban J connectivity index is 3.85. The molecule has 0 saturated carbocycles. The lowest BCUT2D eigenvalue weighted by molar-refractivity contribution is 0.224. The predicted molar refractivity (Wildman–Crippen MR) is 68.6 cm³/mol. The molecule has 0 aliphatic heterocycles. The molecule has 0 amide bonds. The molecule has 0 aliphatic rings. The molecule has 0 bridgehead atoms. The lowest BCUT2D eigenvalue weighted by Gasteiger charge is -2.36. The summed E-state index contributed by atoms with van der Waals surface area (Å²) in [6, 6.07) is 0. The SMILES string of the molecule is C[C@@H](CCO)CCO[Si](C)(C)C(C)(C)C. The monoisotopic (exact) mass is 232 g/mol. The van der Waals surface area contributed by atoms with Gasteiger partial charge in [0.15, 0.2) is 8.32 Å². The van der Waals surface area contributed by atoms with Gasteiger partial charge < -0.3 is 9.53 Å². The third-order valence-corrected chi connectivity index (χ3v) is 8.04. The molecule has 0 spiro atoms. The Labute approximate surface area is 96.2 Å². The molecule has 1 N–H and O–H groups in total. The van der Waals surface area contributed by atoms with Crippen molar-refractivity contribution in [1.82, 2.24) is 0 Å². The summed E-state index contributed by atoms with van der Waals surface area (Å²) in [7, 11) is -1.56. The van der Waals surface area contributed by atoms with E-state index in [4.69, 9.17) is 9.53 Å². The lowest BCUT2D eigenvalue weighted by Crippen LogP contribution is -2.41. The normalized spacial score (nSPS) is 15.4. The van der Waals surface area contributed by atoms with Crippen LogP contribution in [0.4, 0.5) is 0 Å². The van der Waals surface area contributed by atoms with Crippen molar-refractivity contribution in [3.05, 3.63) is 0 Å². The molecular weight excluding hydrogens is 204 g/mol. The average Bonchev–Trinajstić information content (AvgIpc) is 2.01. The summed E-state index contributed by atoms with van der Waals surface area (Å²) in [4.78, 5) is 0. The highest BCUT2D eigenvalue weighted by atomic mass is 28.4. The van der Waals surface area contributed by atoms with Crippen molar-refractivity contribution in [2.24, 2.45) is 5.92 Å². The summed E-state index contributed by atoms with van der Waals surface area (Å²) in [5.74, 6) is 0.569. The van der Waals surface area contributed by atoms with Gasteiger partial charge in [0.25, 0.3) is 0 Å². The largest absolute Gasteiger partial charge is 0.417 e. The minimum atomic E-state index is -1.56. The predicted octanol–water partition coefficient (Wildman–Crippen LogP) is 3.42. The molecule has 3 heteroatoms. The maximum absolute atomic E-state index is 8.79. The summed E-state index contributed by atoms with van der Waals surface area (Å²) >= 11 is 0. The van der Waals surface area contributed by atoms with Gasteiger partial charge in [-0.2, -0.15) is 0 Å². The topological polar surface area (TPSA) is 29.5 Å². The van der Waals surface area contributed by atoms with Crippen molar-refractivity contribution in [2.45, 2.75) is 58.7 Å². The van der Waals surface area contributed by atoms with E-state index in [1.807, 2.05) is 0 Å². The van der Waals surface area contributed by atoms with Crippen LogP contribution in [0.25, 0.3) is 0 Å². The van der Waals surface area contributed by atoms with Crippen LogP contribution < -0.4 is 0 Å². The second-order valence-corrected chi connectivity index (χ2v) is 10.8. The first-order valence-electron chi connectivity index (χ1n) is 5.95. The van der Waals surface area contributed by atoms with Crippen molar-refractivity contribution in [3.8, 4) is 0 Å². The molecule has 0 fully saturated rings. The Bertz CT molecular complexity index is 173. The first kappa shape index (κ1) is 15.1. The molecule has 2 nitrogen and oxygen atoms in total. The minimum absolute atomic E-state index is 0.293. The molecule has 1 atom stereocenters. The zero-order valence-electron chi connectivity index (χ0n) is 11.3. The Morgan fingerprint density at radius 1 is 1.20 bits per heavy atom. The van der Waals surface area contributed by atoms with Crippen molar-refractivity contribution < 1.29 is 9.53 Å². The third-order valence-electron chi connectivity index (χ3n) is 3.50. The van der Waals surface area contributed by atoms with Crippen LogP contribution in [-0.2, 0) is 4.43 Å². The summed E-state index contributed by atoms with van der Waals surface area (Å²) in [5.41, 5.74) is 0. The van der Waals surface area contributed by atoms with E-state index < -0.39 is 8.32 Å². The zero-order valence-corrected chi connectivity index (χ0v) is 12.3. The van der Waals surface area contributed by atoms with Crippen LogP contribution in [0.3, 0.4) is 0 Å². The summed E-state index contributed by atoms with van der Waals surface area (Å²) in [5, 5.41) is 9.09. The molecule has 0 rings (SSSR count). The lowest BCUT2D eigenvalue weighted by atomic mass is 10.1. The van der Waals surface area contributed by atoms with Crippen LogP contribution in [-0.4, -0.2) is 26.6 Å². The third kappa shape index (κ3) is 5.69. The molecule has 0 unspecified atom stereocenters. The molecule has 0 aromatic rings. The standard InChI is InChI=1S/C12H28O2Si/c1-11(7-9-13)8-10-14-15(5,6)12(2,3)4/h11,13H,7-10H2,1-6H3/t11-/m0/s1. The Hall–Kier alpha value is 0.137. The van der Waals surface area contributed by atoms with Crippen LogP contribution in [0.2, 0.25) is 18.1 Å². The minimum Gasteiger partial charge on any atom is -0.417 e. The Morgan fingerprint density at radius 2 is 1.73 bits per heavy atom. The molecule has 0 saturated heterocycles. The molecule has 92 valence electrons. The van der Waals surface area contributed by atoms with Gasteiger partial charge in [-0.05, 0) is 36.9 Å². The van der Waals surface area contributed by atoms with Gasteiger partial charge in [0, 0.05) is 13.2 Å². The van der Waals surface area contributed by atoms with E-state index in [0.29, 0.717) is 17.6 Å². The van der Waals surface area contributed by atoms with Gasteiger partial charge in [-0.25, -0.2) is 0 Å². The van der Waals surface area contributed by atoms with Gasteiger partial charge in [0.1, 0.15) is 0 Å². The second kappa shape index (κ2) is 6.02. The highest BCUT2D eigenvalue weighted by Crippen LogP contribution is 2.36. The van der Waals surface area contributed by atoms with E-state index in [2.05, 4.69) is 40.8 Å². The number of rotatable bonds is 6. The maximum Gasteiger partial charge on any atom is 0.191 e. The number of hydrogen-bond acceptors (Lipinski definition) is 2. The molecule has 0 heterocycles. The fourth-order valence-electron chi connectivity index (χ4n) is 1.10. The zero-order chi connectivity index (χ0) is 12.1.